The van der Waals surface area contributed by atoms with E-state index < -0.39 is 0 Å². The maximum absolute atomic E-state index is 13.4. The Bertz CT molecular complexity index is 1160. The fraction of sp³-hybridized carbons (Fsp3) is 0.0455. The van der Waals surface area contributed by atoms with E-state index in [2.05, 4.69) is 50.1 Å². The van der Waals surface area contributed by atoms with Crippen molar-refractivity contribution in [1.82, 2.24) is 9.55 Å². The molecule has 3 nitrogen and oxygen atoms in total. The number of rotatable bonds is 2. The zero-order chi connectivity index (χ0) is 18.4. The van der Waals surface area contributed by atoms with Crippen molar-refractivity contribution in [1.29, 1.82) is 0 Å². The maximum Gasteiger partial charge on any atom is 0.209 e. The lowest BCUT2D eigenvalue weighted by Gasteiger charge is -2.26. The van der Waals surface area contributed by atoms with Crippen LogP contribution in [-0.4, -0.2) is 9.55 Å². The molecule has 0 amide bonds. The Morgan fingerprint density at radius 3 is 2.44 bits per heavy atom. The van der Waals surface area contributed by atoms with Crippen molar-refractivity contribution in [3.8, 4) is 0 Å². The number of hydrogen-bond acceptors (Lipinski definition) is 2. The highest BCUT2D eigenvalue weighted by Crippen LogP contribution is 2.37. The van der Waals surface area contributed by atoms with Gasteiger partial charge in [0.05, 0.1) is 17.1 Å². The van der Waals surface area contributed by atoms with Crippen LogP contribution >= 0.6 is 15.9 Å². The average molecular weight is 420 g/mol. The lowest BCUT2D eigenvalue weighted by molar-refractivity contribution is 0.627. The van der Waals surface area contributed by atoms with E-state index in [0.29, 0.717) is 0 Å². The average Bonchev–Trinajstić information content (AvgIpc) is 3.07. The minimum absolute atomic E-state index is 0.0122. The third kappa shape index (κ3) is 2.84. The van der Waals surface area contributed by atoms with Gasteiger partial charge in [0.15, 0.2) is 0 Å². The van der Waals surface area contributed by atoms with Crippen LogP contribution in [0, 0.1) is 5.82 Å². The molecule has 1 aromatic heterocycles. The van der Waals surface area contributed by atoms with Crippen molar-refractivity contribution in [3.05, 3.63) is 100 Å². The highest BCUT2D eigenvalue weighted by molar-refractivity contribution is 9.10. The van der Waals surface area contributed by atoms with E-state index in [4.69, 9.17) is 4.98 Å². The molecule has 2 heterocycles. The molecule has 1 aliphatic heterocycles. The van der Waals surface area contributed by atoms with Crippen molar-refractivity contribution in [2.24, 2.45) is 0 Å². The molecule has 4 aromatic rings. The van der Waals surface area contributed by atoms with Gasteiger partial charge < -0.3 is 5.32 Å². The third-order valence-electron chi connectivity index (χ3n) is 4.81. The van der Waals surface area contributed by atoms with Gasteiger partial charge in [0, 0.05) is 10.2 Å². The van der Waals surface area contributed by atoms with Crippen LogP contribution in [-0.2, 0) is 0 Å². The van der Waals surface area contributed by atoms with E-state index >= 15 is 0 Å². The van der Waals surface area contributed by atoms with Gasteiger partial charge in [-0.15, -0.1) is 0 Å². The summed E-state index contributed by atoms with van der Waals surface area (Å²) in [5, 5.41) is 3.41. The molecule has 3 aromatic carbocycles. The second-order valence-electron chi connectivity index (χ2n) is 6.50. The van der Waals surface area contributed by atoms with Gasteiger partial charge in [-0.25, -0.2) is 9.37 Å². The Hall–Kier alpha value is -2.92. The van der Waals surface area contributed by atoms with E-state index in [1.165, 1.54) is 12.1 Å². The first-order chi connectivity index (χ1) is 13.2. The van der Waals surface area contributed by atoms with E-state index in [0.717, 1.165) is 38.3 Å². The fourth-order valence-corrected chi connectivity index (χ4v) is 3.78. The second kappa shape index (κ2) is 6.35. The van der Waals surface area contributed by atoms with Gasteiger partial charge >= 0.3 is 0 Å². The van der Waals surface area contributed by atoms with Crippen LogP contribution in [0.25, 0.3) is 16.7 Å². The summed E-state index contributed by atoms with van der Waals surface area (Å²) in [6.45, 7) is 0. The van der Waals surface area contributed by atoms with Gasteiger partial charge in [0.2, 0.25) is 5.95 Å². The molecule has 1 N–H and O–H groups in total. The van der Waals surface area contributed by atoms with E-state index in [1.807, 2.05) is 30.3 Å². The summed E-state index contributed by atoms with van der Waals surface area (Å²) in [6.07, 6.45) is 2.16. The van der Waals surface area contributed by atoms with Crippen LogP contribution in [0.4, 0.5) is 10.3 Å². The number of imidazole rings is 1. The van der Waals surface area contributed by atoms with Gasteiger partial charge in [0.25, 0.3) is 0 Å². The SMILES string of the molecule is Fc1ccc(C2=CC(c3ccc(Br)cc3)n3c(nc4ccccc43)N2)cc1. The Kier molecular flexibility index (Phi) is 3.83. The molecule has 5 rings (SSSR count). The minimum atomic E-state index is -0.244. The smallest absolute Gasteiger partial charge is 0.209 e. The first-order valence-electron chi connectivity index (χ1n) is 8.66. The van der Waals surface area contributed by atoms with E-state index in [1.54, 1.807) is 12.1 Å². The second-order valence-corrected chi connectivity index (χ2v) is 7.42. The van der Waals surface area contributed by atoms with Crippen molar-refractivity contribution in [2.45, 2.75) is 6.04 Å². The van der Waals surface area contributed by atoms with Crippen molar-refractivity contribution >= 4 is 38.6 Å². The van der Waals surface area contributed by atoms with Gasteiger partial charge in [-0.05, 0) is 65.7 Å². The Balaban J connectivity index is 1.71. The zero-order valence-electron chi connectivity index (χ0n) is 14.2. The van der Waals surface area contributed by atoms with E-state index in [9.17, 15) is 4.39 Å². The van der Waals surface area contributed by atoms with Crippen LogP contribution in [0.1, 0.15) is 17.2 Å². The lowest BCUT2D eigenvalue weighted by Crippen LogP contribution is -2.19. The number of hydrogen-bond donors (Lipinski definition) is 1. The summed E-state index contributed by atoms with van der Waals surface area (Å²) in [5.41, 5.74) is 5.02. The molecule has 27 heavy (non-hydrogen) atoms. The molecule has 0 bridgehead atoms. The van der Waals surface area contributed by atoms with Crippen LogP contribution in [0.5, 0.6) is 0 Å². The molecule has 0 fully saturated rings. The summed E-state index contributed by atoms with van der Waals surface area (Å²) < 4.78 is 16.6. The maximum atomic E-state index is 13.4. The summed E-state index contributed by atoms with van der Waals surface area (Å²) >= 11 is 3.51. The molecule has 1 aliphatic rings. The first-order valence-corrected chi connectivity index (χ1v) is 9.45. The Morgan fingerprint density at radius 1 is 0.926 bits per heavy atom. The van der Waals surface area contributed by atoms with Crippen LogP contribution in [0.15, 0.2) is 83.3 Å². The molecule has 0 saturated carbocycles. The lowest BCUT2D eigenvalue weighted by atomic mass is 10.0. The predicted octanol–water partition coefficient (Wildman–Crippen LogP) is 5.99. The number of nitrogens with one attached hydrogen (secondary N) is 1. The standard InChI is InChI=1S/C22H15BrFN3/c23-16-9-5-15(6-10-16)21-13-19(14-7-11-17(24)12-8-14)26-22-25-18-3-1-2-4-20(18)27(21)22/h1-13,21H,(H,25,26). The number of halogens is 2. The molecular weight excluding hydrogens is 405 g/mol. The molecular formula is C22H15BrFN3. The highest BCUT2D eigenvalue weighted by atomic mass is 79.9. The molecule has 0 aliphatic carbocycles. The quantitative estimate of drug-likeness (QED) is 0.432. The van der Waals surface area contributed by atoms with Crippen LogP contribution in [0.3, 0.4) is 0 Å². The number of nitrogens with zero attached hydrogens (tertiary/aromatic N) is 2. The molecule has 0 saturated heterocycles. The van der Waals surface area contributed by atoms with Crippen molar-refractivity contribution in [2.75, 3.05) is 5.32 Å². The van der Waals surface area contributed by atoms with E-state index in [-0.39, 0.29) is 11.9 Å². The van der Waals surface area contributed by atoms with Crippen LogP contribution in [0.2, 0.25) is 0 Å². The third-order valence-corrected chi connectivity index (χ3v) is 5.34. The first kappa shape index (κ1) is 16.3. The topological polar surface area (TPSA) is 29.9 Å². The summed E-state index contributed by atoms with van der Waals surface area (Å²) in [5.74, 6) is 0.540. The highest BCUT2D eigenvalue weighted by Gasteiger charge is 2.25. The Labute approximate surface area is 164 Å². The number of fused-ring (bicyclic) bond motifs is 3. The monoisotopic (exact) mass is 419 g/mol. The number of benzene rings is 3. The molecule has 0 spiro atoms. The molecule has 1 unspecified atom stereocenters. The number of aromatic nitrogens is 2. The predicted molar refractivity (Wildman–Crippen MR) is 110 cm³/mol. The number of anilines is 1. The fourth-order valence-electron chi connectivity index (χ4n) is 3.51. The molecule has 132 valence electrons. The Morgan fingerprint density at radius 2 is 1.67 bits per heavy atom. The summed E-state index contributed by atoms with van der Waals surface area (Å²) in [4.78, 5) is 4.77. The van der Waals surface area contributed by atoms with Gasteiger partial charge in [0.1, 0.15) is 5.82 Å². The normalized spacial score (nSPS) is 15.9. The molecule has 0 radical (unpaired) electrons. The molecule has 5 heteroatoms. The molecule has 1 atom stereocenters. The van der Waals surface area contributed by atoms with Crippen molar-refractivity contribution in [3.63, 3.8) is 0 Å². The minimum Gasteiger partial charge on any atom is -0.325 e. The van der Waals surface area contributed by atoms with Gasteiger partial charge in [-0.1, -0.05) is 40.2 Å². The van der Waals surface area contributed by atoms with Gasteiger partial charge in [-0.3, -0.25) is 4.57 Å². The van der Waals surface area contributed by atoms with Crippen molar-refractivity contribution < 1.29 is 4.39 Å². The number of para-hydroxylation sites is 2. The summed E-state index contributed by atoms with van der Waals surface area (Å²) in [6, 6.07) is 22.9. The number of allylic oxidation sites excluding steroid dienone is 1. The van der Waals surface area contributed by atoms with Gasteiger partial charge in [-0.2, -0.15) is 0 Å². The zero-order valence-corrected chi connectivity index (χ0v) is 15.8. The van der Waals surface area contributed by atoms with Crippen LogP contribution < -0.4 is 5.32 Å². The summed E-state index contributed by atoms with van der Waals surface area (Å²) in [7, 11) is 0. The largest absolute Gasteiger partial charge is 0.325 e.